The zero-order chi connectivity index (χ0) is 25.8. The van der Waals surface area contributed by atoms with Crippen LogP contribution in [0.4, 0.5) is 0 Å². The molecule has 188 valence electrons. The van der Waals surface area contributed by atoms with Gasteiger partial charge in [0.15, 0.2) is 17.3 Å². The molecule has 3 aromatic rings. The predicted octanol–water partition coefficient (Wildman–Crippen LogP) is 5.95. The molecule has 0 spiro atoms. The first-order valence-corrected chi connectivity index (χ1v) is 13.0. The van der Waals surface area contributed by atoms with Crippen LogP contribution in [0, 0.1) is 11.3 Å². The topological polar surface area (TPSA) is 78.3 Å². The van der Waals surface area contributed by atoms with Gasteiger partial charge in [0.05, 0.1) is 23.3 Å². The minimum Gasteiger partial charge on any atom is -0.487 e. The van der Waals surface area contributed by atoms with Crippen molar-refractivity contribution in [2.45, 2.75) is 78.0 Å². The third-order valence-electron chi connectivity index (χ3n) is 7.58. The number of nitrogens with one attached hydrogen (secondary N) is 1. The lowest BCUT2D eigenvalue weighted by Gasteiger charge is -2.37. The maximum atomic E-state index is 13.9. The van der Waals surface area contributed by atoms with Crippen LogP contribution in [0.25, 0.3) is 10.9 Å². The van der Waals surface area contributed by atoms with Crippen LogP contribution in [0.1, 0.15) is 87.1 Å². The Morgan fingerprint density at radius 1 is 1.14 bits per heavy atom. The van der Waals surface area contributed by atoms with Gasteiger partial charge in [-0.3, -0.25) is 9.69 Å². The highest BCUT2D eigenvalue weighted by molar-refractivity contribution is 6.20. The number of hydrogen-bond acceptors (Lipinski definition) is 5. The first-order chi connectivity index (χ1) is 17.1. The summed E-state index contributed by atoms with van der Waals surface area (Å²) in [4.78, 5) is 19.8. The van der Waals surface area contributed by atoms with Crippen molar-refractivity contribution in [2.24, 2.45) is 0 Å². The highest BCUT2D eigenvalue weighted by atomic mass is 16.5. The minimum atomic E-state index is -0.463. The second-order valence-corrected chi connectivity index (χ2v) is 11.2. The Labute approximate surface area is 213 Å². The summed E-state index contributed by atoms with van der Waals surface area (Å²) in [6, 6.07) is 12.0. The number of benzene rings is 2. The Morgan fingerprint density at radius 2 is 1.92 bits per heavy atom. The number of ketones is 1. The molecule has 1 aromatic heterocycles. The number of fused-ring (bicyclic) bond motifs is 4. The van der Waals surface area contributed by atoms with Gasteiger partial charge in [0.2, 0.25) is 0 Å². The fourth-order valence-corrected chi connectivity index (χ4v) is 5.65. The van der Waals surface area contributed by atoms with Crippen LogP contribution in [0.15, 0.2) is 30.3 Å². The van der Waals surface area contributed by atoms with E-state index in [1.807, 2.05) is 38.1 Å². The van der Waals surface area contributed by atoms with E-state index in [1.54, 1.807) is 6.07 Å². The van der Waals surface area contributed by atoms with E-state index in [1.165, 1.54) is 0 Å². The molecular weight excluding hydrogens is 450 g/mol. The van der Waals surface area contributed by atoms with Gasteiger partial charge in [0.25, 0.3) is 0 Å². The summed E-state index contributed by atoms with van der Waals surface area (Å²) in [5.41, 5.74) is 4.03. The van der Waals surface area contributed by atoms with Crippen LogP contribution in [0.2, 0.25) is 0 Å². The van der Waals surface area contributed by atoms with Crippen LogP contribution < -0.4 is 9.47 Å². The number of ether oxygens (including phenoxy) is 2. The molecule has 0 bridgehead atoms. The largest absolute Gasteiger partial charge is 0.487 e. The van der Waals surface area contributed by atoms with E-state index in [0.29, 0.717) is 34.2 Å². The first-order valence-electron chi connectivity index (χ1n) is 13.0. The predicted molar refractivity (Wildman–Crippen MR) is 141 cm³/mol. The number of nitriles is 1. The second kappa shape index (κ2) is 8.97. The average molecular weight is 486 g/mol. The maximum absolute atomic E-state index is 13.9. The minimum absolute atomic E-state index is 0.0286. The Hall–Kier alpha value is -3.30. The maximum Gasteiger partial charge on any atom is 0.195 e. The lowest BCUT2D eigenvalue weighted by molar-refractivity contribution is 0.0671. The molecule has 6 nitrogen and oxygen atoms in total. The smallest absolute Gasteiger partial charge is 0.195 e. The monoisotopic (exact) mass is 485 g/mol. The molecule has 1 aliphatic carbocycles. The zero-order valence-electron chi connectivity index (χ0n) is 22.1. The van der Waals surface area contributed by atoms with Gasteiger partial charge in [-0.1, -0.05) is 19.9 Å². The van der Waals surface area contributed by atoms with E-state index >= 15 is 0 Å². The quantitative estimate of drug-likeness (QED) is 0.483. The Kier molecular flexibility index (Phi) is 6.08. The first kappa shape index (κ1) is 24.4. The van der Waals surface area contributed by atoms with Gasteiger partial charge in [0.1, 0.15) is 6.10 Å². The van der Waals surface area contributed by atoms with Crippen LogP contribution >= 0.6 is 0 Å². The normalized spacial score (nSPS) is 19.3. The second-order valence-electron chi connectivity index (χ2n) is 11.2. The fourth-order valence-electron chi connectivity index (χ4n) is 5.65. The van der Waals surface area contributed by atoms with Crippen molar-refractivity contribution in [3.8, 4) is 17.6 Å². The van der Waals surface area contributed by atoms with Crippen molar-refractivity contribution in [1.29, 1.82) is 5.26 Å². The molecule has 2 aliphatic rings. The van der Waals surface area contributed by atoms with Crippen molar-refractivity contribution < 1.29 is 14.3 Å². The molecule has 2 heterocycles. The van der Waals surface area contributed by atoms with Crippen molar-refractivity contribution in [3.05, 3.63) is 58.3 Å². The summed E-state index contributed by atoms with van der Waals surface area (Å²) in [5, 5.41) is 10.2. The Morgan fingerprint density at radius 3 is 2.61 bits per heavy atom. The van der Waals surface area contributed by atoms with E-state index in [0.717, 1.165) is 48.1 Å². The number of aromatic amines is 1. The van der Waals surface area contributed by atoms with Crippen LogP contribution in [-0.2, 0) is 5.41 Å². The molecule has 1 fully saturated rings. The average Bonchev–Trinajstić information content (AvgIpc) is 3.23. The molecule has 36 heavy (non-hydrogen) atoms. The van der Waals surface area contributed by atoms with E-state index in [-0.39, 0.29) is 18.0 Å². The molecule has 1 saturated heterocycles. The molecule has 1 N–H and O–H groups in total. The summed E-state index contributed by atoms with van der Waals surface area (Å²) < 4.78 is 12.8. The summed E-state index contributed by atoms with van der Waals surface area (Å²) in [7, 11) is 0. The molecule has 1 unspecified atom stereocenters. The lowest BCUT2D eigenvalue weighted by atomic mass is 9.71. The van der Waals surface area contributed by atoms with E-state index < -0.39 is 5.41 Å². The van der Waals surface area contributed by atoms with E-state index in [4.69, 9.17) is 9.47 Å². The molecular formula is C30H35N3O3. The Bertz CT molecular complexity index is 1380. The van der Waals surface area contributed by atoms with Gasteiger partial charge in [-0.15, -0.1) is 0 Å². The third kappa shape index (κ3) is 4.06. The van der Waals surface area contributed by atoms with Gasteiger partial charge in [-0.25, -0.2) is 0 Å². The van der Waals surface area contributed by atoms with Gasteiger partial charge in [-0.2, -0.15) is 5.26 Å². The van der Waals surface area contributed by atoms with Crippen molar-refractivity contribution in [2.75, 3.05) is 13.1 Å². The van der Waals surface area contributed by atoms with E-state index in [2.05, 4.69) is 43.6 Å². The fraction of sp³-hybridized carbons (Fsp3) is 0.467. The third-order valence-corrected chi connectivity index (χ3v) is 7.58. The van der Waals surface area contributed by atoms with Crippen LogP contribution in [-0.4, -0.2) is 47.0 Å². The SMILES string of the molecule is CC(C)Oc1cc2c(cc1OC1CCCN(C(C)C)C1)C(C)(C)c1[nH]c3cc(C#N)ccc3c1C2=O. The van der Waals surface area contributed by atoms with Gasteiger partial charge in [-0.05, 0) is 76.9 Å². The van der Waals surface area contributed by atoms with Crippen molar-refractivity contribution in [3.63, 3.8) is 0 Å². The highest BCUT2D eigenvalue weighted by Gasteiger charge is 2.41. The lowest BCUT2D eigenvalue weighted by Crippen LogP contribution is -2.44. The number of rotatable bonds is 5. The van der Waals surface area contributed by atoms with Gasteiger partial charge in [0, 0.05) is 40.2 Å². The molecule has 2 aromatic carbocycles. The standard InChI is InChI=1S/C30H35N3O3/c1-17(2)33-11-7-8-20(16-33)36-26-14-23-22(13-25(26)35-18(3)4)28(34)27-21-10-9-19(15-31)12-24(21)32-29(27)30(23,5)6/h9-10,12-14,17-18,20,32H,7-8,11,16H2,1-6H3. The van der Waals surface area contributed by atoms with Gasteiger partial charge >= 0.3 is 0 Å². The number of nitrogens with zero attached hydrogens (tertiary/aromatic N) is 2. The molecule has 1 aliphatic heterocycles. The number of H-pyrrole nitrogens is 1. The van der Waals surface area contributed by atoms with Crippen LogP contribution in [0.3, 0.4) is 0 Å². The van der Waals surface area contributed by atoms with Crippen molar-refractivity contribution >= 4 is 16.7 Å². The number of carbonyl (C=O) groups is 1. The van der Waals surface area contributed by atoms with Crippen molar-refractivity contribution in [1.82, 2.24) is 9.88 Å². The summed E-state index contributed by atoms with van der Waals surface area (Å²) in [6.45, 7) is 14.7. The number of aromatic nitrogens is 1. The highest BCUT2D eigenvalue weighted by Crippen LogP contribution is 2.47. The number of likely N-dealkylation sites (tertiary alicyclic amines) is 1. The molecule has 5 rings (SSSR count). The number of piperidine rings is 1. The Balaban J connectivity index is 1.61. The molecule has 0 saturated carbocycles. The number of carbonyl (C=O) groups excluding carboxylic acids is 1. The summed E-state index contributed by atoms with van der Waals surface area (Å²) >= 11 is 0. The number of hydrogen-bond donors (Lipinski definition) is 1. The van der Waals surface area contributed by atoms with Gasteiger partial charge < -0.3 is 14.5 Å². The molecule has 6 heteroatoms. The summed E-state index contributed by atoms with van der Waals surface area (Å²) in [5.74, 6) is 1.29. The van der Waals surface area contributed by atoms with Crippen LogP contribution in [0.5, 0.6) is 11.5 Å². The summed E-state index contributed by atoms with van der Waals surface area (Å²) in [6.07, 6.45) is 2.12. The zero-order valence-corrected chi connectivity index (χ0v) is 22.1. The molecule has 0 amide bonds. The van der Waals surface area contributed by atoms with E-state index in [9.17, 15) is 10.1 Å². The molecule has 1 atom stereocenters. The molecule has 0 radical (unpaired) electrons.